The number of carbonyl (C=O) groups excluding carboxylic acids is 1. The summed E-state index contributed by atoms with van der Waals surface area (Å²) in [6, 6.07) is 19.9. The van der Waals surface area contributed by atoms with Gasteiger partial charge in [0.25, 0.3) is 5.56 Å². The number of esters is 1. The molecule has 0 aliphatic rings. The van der Waals surface area contributed by atoms with Gasteiger partial charge >= 0.3 is 5.97 Å². The smallest absolute Gasteiger partial charge is 0.338 e. The molecule has 0 aliphatic carbocycles. The van der Waals surface area contributed by atoms with Crippen molar-refractivity contribution in [3.05, 3.63) is 107 Å². The van der Waals surface area contributed by atoms with Gasteiger partial charge in [0.15, 0.2) is 5.69 Å². The van der Waals surface area contributed by atoms with Crippen LogP contribution in [0.5, 0.6) is 0 Å². The number of carbonyl (C=O) groups is 1. The van der Waals surface area contributed by atoms with Crippen LogP contribution in [0.3, 0.4) is 0 Å². The topological polar surface area (TPSA) is 78.7 Å². The summed E-state index contributed by atoms with van der Waals surface area (Å²) >= 11 is 0. The van der Waals surface area contributed by atoms with Crippen LogP contribution in [0, 0.1) is 6.92 Å². The van der Waals surface area contributed by atoms with E-state index in [9.17, 15) is 9.59 Å². The molecule has 0 saturated heterocycles. The van der Waals surface area contributed by atoms with Crippen molar-refractivity contribution >= 4 is 17.9 Å². The highest BCUT2D eigenvalue weighted by atomic mass is 16.5. The van der Waals surface area contributed by atoms with Crippen molar-refractivity contribution < 1.29 is 13.9 Å². The Morgan fingerprint density at radius 1 is 1.09 bits per heavy atom. The Morgan fingerprint density at radius 3 is 2.52 bits per heavy atom. The fourth-order valence-corrected chi connectivity index (χ4v) is 3.40. The lowest BCUT2D eigenvalue weighted by Gasteiger charge is -2.07. The monoisotopic (exact) mass is 441 g/mol. The number of ether oxygens (including phenoxy) is 1. The summed E-state index contributed by atoms with van der Waals surface area (Å²) in [5, 5.41) is 0. The van der Waals surface area contributed by atoms with Crippen molar-refractivity contribution in [2.24, 2.45) is 12.0 Å². The Kier molecular flexibility index (Phi) is 6.22. The summed E-state index contributed by atoms with van der Waals surface area (Å²) in [6.45, 7) is 5.54. The second-order valence-electron chi connectivity index (χ2n) is 7.33. The third-order valence-electron chi connectivity index (χ3n) is 5.21. The molecule has 33 heavy (non-hydrogen) atoms. The van der Waals surface area contributed by atoms with Crippen LogP contribution in [0.4, 0.5) is 5.69 Å². The number of hydrogen-bond donors (Lipinski definition) is 0. The quantitative estimate of drug-likeness (QED) is 0.234. The lowest BCUT2D eigenvalue weighted by molar-refractivity contribution is 0.0549. The normalized spacial score (nSPS) is 11.1. The van der Waals surface area contributed by atoms with Crippen molar-refractivity contribution in [2.75, 3.05) is 6.61 Å². The SMILES string of the molecule is C=CCOC(=O)c1ccc(-c2ccc(C=Nc3c(C)n(C)n(-c4ccccc4)c3=O)o2)cc1. The van der Waals surface area contributed by atoms with Crippen molar-refractivity contribution in [3.63, 3.8) is 0 Å². The van der Waals surface area contributed by atoms with Gasteiger partial charge in [-0.1, -0.05) is 43.0 Å². The molecule has 4 rings (SSSR count). The molecule has 0 atom stereocenters. The Labute approximate surface area is 190 Å². The lowest BCUT2D eigenvalue weighted by Crippen LogP contribution is -2.19. The molecular formula is C26H23N3O4. The molecular weight excluding hydrogens is 418 g/mol. The van der Waals surface area contributed by atoms with Gasteiger partial charge in [-0.15, -0.1) is 0 Å². The summed E-state index contributed by atoms with van der Waals surface area (Å²) in [4.78, 5) is 29.3. The van der Waals surface area contributed by atoms with E-state index < -0.39 is 5.97 Å². The van der Waals surface area contributed by atoms with Gasteiger partial charge in [0.1, 0.15) is 18.1 Å². The fraction of sp³-hybridized carbons (Fsp3) is 0.115. The minimum Gasteiger partial charge on any atom is -0.458 e. The first-order valence-corrected chi connectivity index (χ1v) is 10.4. The molecule has 0 unspecified atom stereocenters. The predicted molar refractivity (Wildman–Crippen MR) is 128 cm³/mol. The molecule has 0 amide bonds. The molecule has 0 aliphatic heterocycles. The molecule has 0 fully saturated rings. The number of benzene rings is 2. The first kappa shape index (κ1) is 21.8. The molecule has 0 N–H and O–H groups in total. The highest BCUT2D eigenvalue weighted by Crippen LogP contribution is 2.23. The summed E-state index contributed by atoms with van der Waals surface area (Å²) in [5.74, 6) is 0.718. The molecule has 0 spiro atoms. The maximum atomic E-state index is 13.0. The van der Waals surface area contributed by atoms with Gasteiger partial charge in [0.05, 0.1) is 23.2 Å². The number of para-hydroxylation sites is 1. The van der Waals surface area contributed by atoms with Gasteiger partial charge in [0, 0.05) is 12.6 Å². The highest BCUT2D eigenvalue weighted by Gasteiger charge is 2.15. The van der Waals surface area contributed by atoms with E-state index in [1.807, 2.05) is 50.4 Å². The zero-order valence-electron chi connectivity index (χ0n) is 18.4. The number of aliphatic imine (C=N–C) groups is 1. The van der Waals surface area contributed by atoms with Gasteiger partial charge < -0.3 is 9.15 Å². The van der Waals surface area contributed by atoms with Crippen molar-refractivity contribution in [1.29, 1.82) is 0 Å². The molecule has 166 valence electrons. The van der Waals surface area contributed by atoms with E-state index in [0.29, 0.717) is 22.8 Å². The largest absolute Gasteiger partial charge is 0.458 e. The van der Waals surface area contributed by atoms with Crippen molar-refractivity contribution in [1.82, 2.24) is 9.36 Å². The van der Waals surface area contributed by atoms with Gasteiger partial charge in [0.2, 0.25) is 0 Å². The summed E-state index contributed by atoms with van der Waals surface area (Å²) in [5.41, 5.74) is 2.91. The van der Waals surface area contributed by atoms with Crippen molar-refractivity contribution in [2.45, 2.75) is 6.92 Å². The number of aromatic nitrogens is 2. The zero-order valence-corrected chi connectivity index (χ0v) is 18.4. The van der Waals surface area contributed by atoms with Gasteiger partial charge in [-0.3, -0.25) is 9.48 Å². The Balaban J connectivity index is 1.55. The van der Waals surface area contributed by atoms with Gasteiger partial charge in [-0.25, -0.2) is 14.5 Å². The Hall–Kier alpha value is -4.39. The van der Waals surface area contributed by atoms with Crippen molar-refractivity contribution in [3.8, 4) is 17.0 Å². The first-order chi connectivity index (χ1) is 16.0. The fourth-order valence-electron chi connectivity index (χ4n) is 3.40. The molecule has 7 nitrogen and oxygen atoms in total. The van der Waals surface area contributed by atoms with E-state index in [2.05, 4.69) is 11.6 Å². The van der Waals surface area contributed by atoms with Gasteiger partial charge in [-0.2, -0.15) is 0 Å². The van der Waals surface area contributed by atoms with E-state index in [0.717, 1.165) is 16.9 Å². The Morgan fingerprint density at radius 2 is 1.82 bits per heavy atom. The van der Waals surface area contributed by atoms with Crippen LogP contribution < -0.4 is 5.56 Å². The van der Waals surface area contributed by atoms with Crippen LogP contribution >= 0.6 is 0 Å². The van der Waals surface area contributed by atoms with Crippen LogP contribution in [0.15, 0.2) is 93.6 Å². The molecule has 2 aromatic heterocycles. The number of rotatable bonds is 7. The van der Waals surface area contributed by atoms with Crippen LogP contribution in [0.2, 0.25) is 0 Å². The standard InChI is InChI=1S/C26H23N3O4/c1-4-16-32-26(31)20-12-10-19(11-13-20)23-15-14-22(33-23)17-27-24-18(2)28(3)29(25(24)30)21-8-6-5-7-9-21/h4-15,17H,1,16H2,2-3H3. The number of hydrogen-bond acceptors (Lipinski definition) is 5. The van der Waals surface area contributed by atoms with E-state index >= 15 is 0 Å². The summed E-state index contributed by atoms with van der Waals surface area (Å²) < 4.78 is 14.3. The maximum absolute atomic E-state index is 13.0. The van der Waals surface area contributed by atoms with E-state index in [4.69, 9.17) is 9.15 Å². The summed E-state index contributed by atoms with van der Waals surface area (Å²) in [6.07, 6.45) is 3.05. The third kappa shape index (κ3) is 4.48. The number of nitrogens with zero attached hydrogens (tertiary/aromatic N) is 3. The zero-order chi connectivity index (χ0) is 23.4. The minimum atomic E-state index is -0.409. The highest BCUT2D eigenvalue weighted by molar-refractivity contribution is 5.90. The lowest BCUT2D eigenvalue weighted by atomic mass is 10.1. The van der Waals surface area contributed by atoms with Crippen LogP contribution in [0.1, 0.15) is 21.8 Å². The van der Waals surface area contributed by atoms with Crippen LogP contribution in [-0.4, -0.2) is 28.2 Å². The van der Waals surface area contributed by atoms with E-state index in [1.54, 1.807) is 39.7 Å². The average molecular weight is 441 g/mol. The summed E-state index contributed by atoms with van der Waals surface area (Å²) in [7, 11) is 1.82. The minimum absolute atomic E-state index is 0.165. The van der Waals surface area contributed by atoms with E-state index in [-0.39, 0.29) is 12.2 Å². The molecule has 2 heterocycles. The van der Waals surface area contributed by atoms with Crippen LogP contribution in [-0.2, 0) is 11.8 Å². The molecule has 0 bridgehead atoms. The average Bonchev–Trinajstić information content (AvgIpc) is 3.39. The third-order valence-corrected chi connectivity index (χ3v) is 5.21. The molecule has 0 radical (unpaired) electrons. The van der Waals surface area contributed by atoms with Gasteiger partial charge in [-0.05, 0) is 43.3 Å². The Bertz CT molecular complexity index is 1370. The second-order valence-corrected chi connectivity index (χ2v) is 7.33. The molecule has 2 aromatic carbocycles. The molecule has 0 saturated carbocycles. The maximum Gasteiger partial charge on any atom is 0.338 e. The predicted octanol–water partition coefficient (Wildman–Crippen LogP) is 4.84. The second kappa shape index (κ2) is 9.40. The number of furan rings is 1. The molecule has 7 heteroatoms. The first-order valence-electron chi connectivity index (χ1n) is 10.4. The van der Waals surface area contributed by atoms with E-state index in [1.165, 1.54) is 12.3 Å². The van der Waals surface area contributed by atoms with Crippen LogP contribution in [0.25, 0.3) is 17.0 Å². The molecule has 4 aromatic rings.